The van der Waals surface area contributed by atoms with Crippen molar-refractivity contribution in [2.24, 2.45) is 0 Å². The summed E-state index contributed by atoms with van der Waals surface area (Å²) < 4.78 is 10.5. The molecule has 106 valence electrons. The quantitative estimate of drug-likeness (QED) is 0.625. The summed E-state index contributed by atoms with van der Waals surface area (Å²) in [4.78, 5) is 0. The van der Waals surface area contributed by atoms with E-state index in [9.17, 15) is 5.26 Å². The maximum atomic E-state index is 9.40. The van der Waals surface area contributed by atoms with Crippen LogP contribution in [-0.4, -0.2) is 14.2 Å². The third-order valence-electron chi connectivity index (χ3n) is 3.20. The molecule has 0 heterocycles. The van der Waals surface area contributed by atoms with Crippen molar-refractivity contribution in [2.45, 2.75) is 6.92 Å². The van der Waals surface area contributed by atoms with Crippen LogP contribution in [0.3, 0.4) is 0 Å². The Balaban J connectivity index is 2.42. The van der Waals surface area contributed by atoms with Crippen LogP contribution in [0, 0.1) is 18.3 Å². The fourth-order valence-electron chi connectivity index (χ4n) is 2.01. The third-order valence-corrected chi connectivity index (χ3v) is 3.20. The SMILES string of the molecule is COc1ccc(C(C#N)=Cc2ccc(C)cc2)cc1OC. The first-order chi connectivity index (χ1) is 10.2. The smallest absolute Gasteiger partial charge is 0.161 e. The second kappa shape index (κ2) is 6.62. The van der Waals surface area contributed by atoms with Gasteiger partial charge in [0.25, 0.3) is 0 Å². The van der Waals surface area contributed by atoms with E-state index < -0.39 is 0 Å². The monoisotopic (exact) mass is 279 g/mol. The van der Waals surface area contributed by atoms with E-state index in [1.807, 2.05) is 49.4 Å². The van der Waals surface area contributed by atoms with Gasteiger partial charge in [0, 0.05) is 0 Å². The van der Waals surface area contributed by atoms with Crippen molar-refractivity contribution in [3.63, 3.8) is 0 Å². The van der Waals surface area contributed by atoms with Gasteiger partial charge in [-0.15, -0.1) is 0 Å². The molecule has 0 unspecified atom stereocenters. The van der Waals surface area contributed by atoms with Gasteiger partial charge in [0.1, 0.15) is 0 Å². The van der Waals surface area contributed by atoms with Crippen LogP contribution in [0.15, 0.2) is 42.5 Å². The minimum absolute atomic E-state index is 0.583. The Bertz CT molecular complexity index is 694. The predicted molar refractivity (Wildman–Crippen MR) is 84.2 cm³/mol. The highest BCUT2D eigenvalue weighted by Crippen LogP contribution is 2.30. The number of allylic oxidation sites excluding steroid dienone is 1. The summed E-state index contributed by atoms with van der Waals surface area (Å²) in [6.07, 6.45) is 1.86. The average Bonchev–Trinajstić information content (AvgIpc) is 2.53. The zero-order valence-corrected chi connectivity index (χ0v) is 12.4. The number of aryl methyl sites for hydroxylation is 1. The van der Waals surface area contributed by atoms with Crippen LogP contribution in [-0.2, 0) is 0 Å². The lowest BCUT2D eigenvalue weighted by Crippen LogP contribution is -1.92. The number of nitrogens with zero attached hydrogens (tertiary/aromatic N) is 1. The highest BCUT2D eigenvalue weighted by atomic mass is 16.5. The summed E-state index contributed by atoms with van der Waals surface area (Å²) in [6.45, 7) is 2.03. The molecule has 0 saturated heterocycles. The summed E-state index contributed by atoms with van der Waals surface area (Å²) in [6, 6.07) is 15.7. The molecule has 0 aliphatic rings. The van der Waals surface area contributed by atoms with E-state index in [0.717, 1.165) is 11.1 Å². The number of ether oxygens (including phenoxy) is 2. The summed E-state index contributed by atoms with van der Waals surface area (Å²) >= 11 is 0. The molecule has 0 N–H and O–H groups in total. The fraction of sp³-hybridized carbons (Fsp3) is 0.167. The molecule has 0 bridgehead atoms. The van der Waals surface area contributed by atoms with Gasteiger partial charge < -0.3 is 9.47 Å². The van der Waals surface area contributed by atoms with Gasteiger partial charge in [-0.05, 0) is 42.3 Å². The van der Waals surface area contributed by atoms with Crippen molar-refractivity contribution in [1.29, 1.82) is 5.26 Å². The van der Waals surface area contributed by atoms with Crippen LogP contribution >= 0.6 is 0 Å². The van der Waals surface area contributed by atoms with Crippen LogP contribution in [0.1, 0.15) is 16.7 Å². The highest BCUT2D eigenvalue weighted by molar-refractivity contribution is 5.90. The first-order valence-electron chi connectivity index (χ1n) is 6.59. The van der Waals surface area contributed by atoms with Crippen LogP contribution in [0.25, 0.3) is 11.6 Å². The van der Waals surface area contributed by atoms with Crippen molar-refractivity contribution in [3.05, 3.63) is 59.2 Å². The number of hydrogen-bond donors (Lipinski definition) is 0. The van der Waals surface area contributed by atoms with Gasteiger partial charge in [0.05, 0.1) is 25.9 Å². The van der Waals surface area contributed by atoms with Gasteiger partial charge in [0.15, 0.2) is 11.5 Å². The maximum Gasteiger partial charge on any atom is 0.161 e. The zero-order chi connectivity index (χ0) is 15.2. The molecular formula is C18H17NO2. The lowest BCUT2D eigenvalue weighted by Gasteiger charge is -2.09. The second-order valence-electron chi connectivity index (χ2n) is 4.65. The molecule has 0 aliphatic carbocycles. The Morgan fingerprint density at radius 1 is 1.00 bits per heavy atom. The maximum absolute atomic E-state index is 9.40. The molecule has 0 fully saturated rings. The summed E-state index contributed by atoms with van der Waals surface area (Å²) in [5.41, 5.74) is 3.57. The van der Waals surface area contributed by atoms with E-state index >= 15 is 0 Å². The van der Waals surface area contributed by atoms with E-state index in [1.165, 1.54) is 5.56 Å². The van der Waals surface area contributed by atoms with Crippen LogP contribution in [0.4, 0.5) is 0 Å². The Morgan fingerprint density at radius 2 is 1.67 bits per heavy atom. The minimum Gasteiger partial charge on any atom is -0.493 e. The van der Waals surface area contributed by atoms with Crippen molar-refractivity contribution < 1.29 is 9.47 Å². The van der Waals surface area contributed by atoms with Crippen molar-refractivity contribution in [3.8, 4) is 17.6 Å². The molecule has 2 aromatic rings. The predicted octanol–water partition coefficient (Wildman–Crippen LogP) is 4.08. The van der Waals surface area contributed by atoms with Gasteiger partial charge in [-0.25, -0.2) is 0 Å². The van der Waals surface area contributed by atoms with E-state index in [4.69, 9.17) is 9.47 Å². The number of rotatable bonds is 4. The third kappa shape index (κ3) is 3.43. The summed E-state index contributed by atoms with van der Waals surface area (Å²) in [7, 11) is 3.17. The molecule has 2 rings (SSSR count). The molecule has 0 aliphatic heterocycles. The molecule has 21 heavy (non-hydrogen) atoms. The molecule has 0 saturated carbocycles. The average molecular weight is 279 g/mol. The Kier molecular flexibility index (Phi) is 4.63. The minimum atomic E-state index is 0.583. The van der Waals surface area contributed by atoms with Crippen molar-refractivity contribution in [1.82, 2.24) is 0 Å². The van der Waals surface area contributed by atoms with E-state index in [-0.39, 0.29) is 0 Å². The van der Waals surface area contributed by atoms with E-state index in [2.05, 4.69) is 6.07 Å². The molecule has 2 aromatic carbocycles. The van der Waals surface area contributed by atoms with Crippen LogP contribution in [0.2, 0.25) is 0 Å². The normalized spacial score (nSPS) is 10.9. The first kappa shape index (κ1) is 14.7. The van der Waals surface area contributed by atoms with Gasteiger partial charge >= 0.3 is 0 Å². The molecule has 3 heteroatoms. The number of nitriles is 1. The summed E-state index contributed by atoms with van der Waals surface area (Å²) in [5, 5.41) is 9.40. The van der Waals surface area contributed by atoms with Gasteiger partial charge in [-0.3, -0.25) is 0 Å². The van der Waals surface area contributed by atoms with Crippen LogP contribution in [0.5, 0.6) is 11.5 Å². The summed E-state index contributed by atoms with van der Waals surface area (Å²) in [5.74, 6) is 1.26. The topological polar surface area (TPSA) is 42.2 Å². The van der Waals surface area contributed by atoms with Gasteiger partial charge in [0.2, 0.25) is 0 Å². The number of methoxy groups -OCH3 is 2. The molecule has 0 amide bonds. The molecule has 0 atom stereocenters. The zero-order valence-electron chi connectivity index (χ0n) is 12.4. The Hall–Kier alpha value is -2.73. The van der Waals surface area contributed by atoms with Crippen molar-refractivity contribution in [2.75, 3.05) is 14.2 Å². The fourth-order valence-corrected chi connectivity index (χ4v) is 2.01. The highest BCUT2D eigenvalue weighted by Gasteiger charge is 2.08. The number of benzene rings is 2. The lowest BCUT2D eigenvalue weighted by molar-refractivity contribution is 0.355. The van der Waals surface area contributed by atoms with Crippen LogP contribution < -0.4 is 9.47 Å². The number of hydrogen-bond acceptors (Lipinski definition) is 3. The Morgan fingerprint density at radius 3 is 2.24 bits per heavy atom. The van der Waals surface area contributed by atoms with E-state index in [0.29, 0.717) is 17.1 Å². The van der Waals surface area contributed by atoms with Gasteiger partial charge in [-0.1, -0.05) is 29.8 Å². The standard InChI is InChI=1S/C18H17NO2/c1-13-4-6-14(7-5-13)10-16(12-19)15-8-9-17(20-2)18(11-15)21-3/h4-11H,1-3H3. The molecule has 0 aromatic heterocycles. The molecule has 0 radical (unpaired) electrons. The molecular weight excluding hydrogens is 262 g/mol. The Labute approximate surface area is 125 Å². The second-order valence-corrected chi connectivity index (χ2v) is 4.65. The van der Waals surface area contributed by atoms with Gasteiger partial charge in [-0.2, -0.15) is 5.26 Å². The van der Waals surface area contributed by atoms with E-state index in [1.54, 1.807) is 20.3 Å². The molecule has 3 nitrogen and oxygen atoms in total. The largest absolute Gasteiger partial charge is 0.493 e. The lowest BCUT2D eigenvalue weighted by atomic mass is 10.0. The molecule has 0 spiro atoms. The van der Waals surface area contributed by atoms with Crippen molar-refractivity contribution >= 4 is 11.6 Å². The first-order valence-corrected chi connectivity index (χ1v) is 6.59.